The van der Waals surface area contributed by atoms with Crippen LogP contribution in [0.4, 0.5) is 8.78 Å². The van der Waals surface area contributed by atoms with Gasteiger partial charge in [-0.15, -0.1) is 0 Å². The summed E-state index contributed by atoms with van der Waals surface area (Å²) in [5, 5.41) is 9.45. The number of benzene rings is 1. The quantitative estimate of drug-likeness (QED) is 0.825. The summed E-state index contributed by atoms with van der Waals surface area (Å²) in [6.07, 6.45) is 1.03. The fourth-order valence-electron chi connectivity index (χ4n) is 2.69. The molecule has 0 aromatic heterocycles. The molecule has 25 heavy (non-hydrogen) atoms. The van der Waals surface area contributed by atoms with E-state index in [1.54, 1.807) is 6.92 Å². The summed E-state index contributed by atoms with van der Waals surface area (Å²) in [6.45, 7) is 3.64. The number of esters is 1. The highest BCUT2D eigenvalue weighted by Gasteiger charge is 2.37. The van der Waals surface area contributed by atoms with E-state index in [0.717, 1.165) is 12.1 Å². The number of nitrogens with zero attached hydrogens (tertiary/aromatic N) is 1. The van der Waals surface area contributed by atoms with Gasteiger partial charge >= 0.3 is 5.97 Å². The van der Waals surface area contributed by atoms with Crippen LogP contribution in [0.5, 0.6) is 0 Å². The van der Waals surface area contributed by atoms with Crippen LogP contribution in [0.1, 0.15) is 38.2 Å². The zero-order valence-electron chi connectivity index (χ0n) is 13.9. The standard InChI is InChI=1S/C18H18F2N2O3/c1-3-5-14-16(18(23)24-4-2)15(11(9-21)17(22)25-14)10-6-7-12(19)13(20)8-10/h6-8,15H,3-5,22H2,1-2H3. The topological polar surface area (TPSA) is 85.3 Å². The molecule has 1 aliphatic rings. The molecule has 1 unspecified atom stereocenters. The van der Waals surface area contributed by atoms with Crippen LogP contribution in [0.3, 0.4) is 0 Å². The molecule has 1 aromatic carbocycles. The van der Waals surface area contributed by atoms with Crippen LogP contribution >= 0.6 is 0 Å². The van der Waals surface area contributed by atoms with Crippen molar-refractivity contribution in [2.45, 2.75) is 32.6 Å². The van der Waals surface area contributed by atoms with Crippen molar-refractivity contribution in [3.8, 4) is 6.07 Å². The van der Waals surface area contributed by atoms with Crippen molar-refractivity contribution < 1.29 is 23.0 Å². The molecule has 1 aliphatic heterocycles. The van der Waals surface area contributed by atoms with Gasteiger partial charge in [0, 0.05) is 6.42 Å². The van der Waals surface area contributed by atoms with Gasteiger partial charge in [0.25, 0.3) is 0 Å². The number of halogens is 2. The molecular formula is C18H18F2N2O3. The Bertz CT molecular complexity index is 794. The maximum atomic E-state index is 13.7. The van der Waals surface area contributed by atoms with E-state index in [4.69, 9.17) is 15.2 Å². The summed E-state index contributed by atoms with van der Waals surface area (Å²) < 4.78 is 37.5. The van der Waals surface area contributed by atoms with E-state index in [1.807, 2.05) is 13.0 Å². The third kappa shape index (κ3) is 3.63. The van der Waals surface area contributed by atoms with Gasteiger partial charge in [-0.3, -0.25) is 0 Å². The fraction of sp³-hybridized carbons (Fsp3) is 0.333. The van der Waals surface area contributed by atoms with Crippen LogP contribution in [-0.2, 0) is 14.3 Å². The van der Waals surface area contributed by atoms with Gasteiger partial charge < -0.3 is 15.2 Å². The monoisotopic (exact) mass is 348 g/mol. The first-order valence-corrected chi connectivity index (χ1v) is 7.87. The zero-order valence-corrected chi connectivity index (χ0v) is 13.9. The van der Waals surface area contributed by atoms with Crippen molar-refractivity contribution in [3.63, 3.8) is 0 Å². The zero-order chi connectivity index (χ0) is 18.6. The predicted molar refractivity (Wildman–Crippen MR) is 85.6 cm³/mol. The Kier molecular flexibility index (Phi) is 5.75. The highest BCUT2D eigenvalue weighted by Crippen LogP contribution is 2.41. The molecule has 0 aliphatic carbocycles. The molecule has 0 amide bonds. The summed E-state index contributed by atoms with van der Waals surface area (Å²) in [5.74, 6) is -3.65. The second-order valence-corrected chi connectivity index (χ2v) is 5.41. The Hall–Kier alpha value is -2.88. The maximum Gasteiger partial charge on any atom is 0.338 e. The SMILES string of the molecule is CCCC1=C(C(=O)OCC)C(c2ccc(F)c(F)c2)C(C#N)=C(N)O1. The molecule has 2 rings (SSSR count). The summed E-state index contributed by atoms with van der Waals surface area (Å²) in [4.78, 5) is 12.5. The third-order valence-electron chi connectivity index (χ3n) is 3.75. The van der Waals surface area contributed by atoms with E-state index in [9.17, 15) is 18.8 Å². The lowest BCUT2D eigenvalue weighted by molar-refractivity contribution is -0.139. The van der Waals surface area contributed by atoms with Crippen molar-refractivity contribution in [1.82, 2.24) is 0 Å². The molecule has 1 aromatic rings. The molecule has 0 saturated carbocycles. The average Bonchev–Trinajstić information content (AvgIpc) is 2.57. The minimum absolute atomic E-state index is 0.0473. The lowest BCUT2D eigenvalue weighted by Crippen LogP contribution is -2.26. The molecule has 2 N–H and O–H groups in total. The van der Waals surface area contributed by atoms with Gasteiger partial charge in [-0.05, 0) is 31.0 Å². The van der Waals surface area contributed by atoms with Crippen LogP contribution in [0.15, 0.2) is 41.0 Å². The average molecular weight is 348 g/mol. The second kappa shape index (κ2) is 7.79. The molecule has 1 atom stereocenters. The van der Waals surface area contributed by atoms with Crippen LogP contribution < -0.4 is 5.73 Å². The lowest BCUT2D eigenvalue weighted by atomic mass is 9.82. The Labute approximate surface area is 144 Å². The highest BCUT2D eigenvalue weighted by atomic mass is 19.2. The van der Waals surface area contributed by atoms with Crippen LogP contribution in [-0.4, -0.2) is 12.6 Å². The second-order valence-electron chi connectivity index (χ2n) is 5.41. The molecule has 0 fully saturated rings. The molecular weight excluding hydrogens is 330 g/mol. The molecule has 7 heteroatoms. The van der Waals surface area contributed by atoms with E-state index in [2.05, 4.69) is 0 Å². The normalized spacial score (nSPS) is 17.2. The molecule has 0 spiro atoms. The predicted octanol–water partition coefficient (Wildman–Crippen LogP) is 3.39. The largest absolute Gasteiger partial charge is 0.463 e. The number of hydrogen-bond acceptors (Lipinski definition) is 5. The Balaban J connectivity index is 2.68. The van der Waals surface area contributed by atoms with E-state index in [-0.39, 0.29) is 35.0 Å². The van der Waals surface area contributed by atoms with Crippen LogP contribution in [0.2, 0.25) is 0 Å². The first-order chi connectivity index (χ1) is 11.9. The number of carbonyl (C=O) groups is 1. The summed E-state index contributed by atoms with van der Waals surface area (Å²) in [5.41, 5.74) is 6.08. The van der Waals surface area contributed by atoms with Gasteiger partial charge in [-0.1, -0.05) is 13.0 Å². The molecule has 0 saturated heterocycles. The Morgan fingerprint density at radius 3 is 2.64 bits per heavy atom. The summed E-state index contributed by atoms with van der Waals surface area (Å²) >= 11 is 0. The Morgan fingerprint density at radius 2 is 2.08 bits per heavy atom. The van der Waals surface area contributed by atoms with Crippen molar-refractivity contribution in [2.24, 2.45) is 5.73 Å². The highest BCUT2D eigenvalue weighted by molar-refractivity contribution is 5.92. The molecule has 0 radical (unpaired) electrons. The molecule has 5 nitrogen and oxygen atoms in total. The Morgan fingerprint density at radius 1 is 1.36 bits per heavy atom. The first-order valence-electron chi connectivity index (χ1n) is 7.87. The van der Waals surface area contributed by atoms with Crippen molar-refractivity contribution in [2.75, 3.05) is 6.61 Å². The summed E-state index contributed by atoms with van der Waals surface area (Å²) in [6, 6.07) is 5.09. The van der Waals surface area contributed by atoms with E-state index >= 15 is 0 Å². The molecule has 0 bridgehead atoms. The number of ether oxygens (including phenoxy) is 2. The van der Waals surface area contributed by atoms with Gasteiger partial charge in [0.05, 0.1) is 18.1 Å². The van der Waals surface area contributed by atoms with Crippen LogP contribution in [0, 0.1) is 23.0 Å². The van der Waals surface area contributed by atoms with Gasteiger partial charge in [0.15, 0.2) is 11.6 Å². The minimum atomic E-state index is -1.08. The van der Waals surface area contributed by atoms with Crippen LogP contribution in [0.25, 0.3) is 0 Å². The third-order valence-corrected chi connectivity index (χ3v) is 3.75. The lowest BCUT2D eigenvalue weighted by Gasteiger charge is -2.28. The van der Waals surface area contributed by atoms with Gasteiger partial charge in [0.1, 0.15) is 17.4 Å². The van der Waals surface area contributed by atoms with E-state index in [0.29, 0.717) is 12.8 Å². The number of rotatable bonds is 5. The number of carbonyl (C=O) groups excluding carboxylic acids is 1. The molecule has 1 heterocycles. The van der Waals surface area contributed by atoms with Gasteiger partial charge in [-0.2, -0.15) is 5.26 Å². The van der Waals surface area contributed by atoms with E-state index in [1.165, 1.54) is 6.07 Å². The van der Waals surface area contributed by atoms with Crippen molar-refractivity contribution in [1.29, 1.82) is 5.26 Å². The maximum absolute atomic E-state index is 13.7. The molecule has 132 valence electrons. The smallest absolute Gasteiger partial charge is 0.338 e. The number of nitrogens with two attached hydrogens (primary N) is 1. The minimum Gasteiger partial charge on any atom is -0.463 e. The summed E-state index contributed by atoms with van der Waals surface area (Å²) in [7, 11) is 0. The van der Waals surface area contributed by atoms with Gasteiger partial charge in [-0.25, -0.2) is 13.6 Å². The number of nitriles is 1. The number of allylic oxidation sites excluding steroid dienone is 2. The van der Waals surface area contributed by atoms with Gasteiger partial charge in [0.2, 0.25) is 5.88 Å². The number of hydrogen-bond donors (Lipinski definition) is 1. The fourth-order valence-corrected chi connectivity index (χ4v) is 2.69. The van der Waals surface area contributed by atoms with Crippen molar-refractivity contribution in [3.05, 3.63) is 58.2 Å². The van der Waals surface area contributed by atoms with Crippen molar-refractivity contribution >= 4 is 5.97 Å². The van der Waals surface area contributed by atoms with E-state index < -0.39 is 23.5 Å². The first kappa shape index (κ1) is 18.5.